The zero-order valence-corrected chi connectivity index (χ0v) is 15.5. The van der Waals surface area contributed by atoms with E-state index in [4.69, 9.17) is 14.2 Å². The summed E-state index contributed by atoms with van der Waals surface area (Å²) in [5.41, 5.74) is 0.970. The Bertz CT molecular complexity index is 869. The van der Waals surface area contributed by atoms with E-state index in [1.54, 1.807) is 6.92 Å². The molecule has 2 aliphatic heterocycles. The summed E-state index contributed by atoms with van der Waals surface area (Å²) >= 11 is 0. The first kappa shape index (κ1) is 18.2. The van der Waals surface area contributed by atoms with Crippen molar-refractivity contribution in [2.75, 3.05) is 44.5 Å². The summed E-state index contributed by atoms with van der Waals surface area (Å²) in [7, 11) is 0. The molecule has 0 amide bonds. The van der Waals surface area contributed by atoms with Gasteiger partial charge in [0.25, 0.3) is 5.88 Å². The summed E-state index contributed by atoms with van der Waals surface area (Å²) in [6.07, 6.45) is 1.31. The van der Waals surface area contributed by atoms with Crippen LogP contribution in [-0.2, 0) is 6.54 Å². The molecule has 2 aromatic rings. The number of hydrogen-bond donors (Lipinski definition) is 0. The summed E-state index contributed by atoms with van der Waals surface area (Å²) < 4.78 is 16.1. The fourth-order valence-corrected chi connectivity index (χ4v) is 3.40. The van der Waals surface area contributed by atoms with E-state index in [2.05, 4.69) is 14.9 Å². The van der Waals surface area contributed by atoms with E-state index in [0.717, 1.165) is 36.7 Å². The molecule has 0 saturated carbocycles. The highest BCUT2D eigenvalue weighted by Gasteiger charge is 2.30. The summed E-state index contributed by atoms with van der Waals surface area (Å²) in [5, 5.41) is 11.5. The van der Waals surface area contributed by atoms with Crippen LogP contribution in [0.3, 0.4) is 0 Å². The summed E-state index contributed by atoms with van der Waals surface area (Å²) in [4.78, 5) is 23.4. The number of anilines is 1. The SMILES string of the molecule is CCOc1ncnc(N2CCN(Cc3ccc4c(c3)OCO4)CC2)c1[N+](=O)[O-]. The smallest absolute Gasteiger partial charge is 0.372 e. The monoisotopic (exact) mass is 387 g/mol. The Morgan fingerprint density at radius 3 is 2.71 bits per heavy atom. The molecule has 0 unspecified atom stereocenters. The third-order valence-corrected chi connectivity index (χ3v) is 4.75. The van der Waals surface area contributed by atoms with Crippen molar-refractivity contribution >= 4 is 11.5 Å². The largest absolute Gasteiger partial charge is 0.473 e. The fourth-order valence-electron chi connectivity index (χ4n) is 3.40. The van der Waals surface area contributed by atoms with E-state index in [1.165, 1.54) is 6.33 Å². The minimum absolute atomic E-state index is 0.0142. The molecule has 0 N–H and O–H groups in total. The van der Waals surface area contributed by atoms with Crippen LogP contribution in [0.25, 0.3) is 0 Å². The lowest BCUT2D eigenvalue weighted by Gasteiger charge is -2.35. The number of rotatable bonds is 6. The normalized spacial score (nSPS) is 16.2. The van der Waals surface area contributed by atoms with Crippen LogP contribution in [0.4, 0.5) is 11.5 Å². The van der Waals surface area contributed by atoms with Crippen LogP contribution in [0, 0.1) is 10.1 Å². The molecule has 1 aromatic heterocycles. The van der Waals surface area contributed by atoms with Crippen LogP contribution in [0.2, 0.25) is 0 Å². The molecule has 28 heavy (non-hydrogen) atoms. The number of piperazine rings is 1. The molecule has 1 fully saturated rings. The highest BCUT2D eigenvalue weighted by molar-refractivity contribution is 5.63. The van der Waals surface area contributed by atoms with Gasteiger partial charge < -0.3 is 19.1 Å². The number of hydrogen-bond acceptors (Lipinski definition) is 9. The molecule has 2 aliphatic rings. The highest BCUT2D eigenvalue weighted by Crippen LogP contribution is 2.35. The first-order chi connectivity index (χ1) is 13.7. The Morgan fingerprint density at radius 1 is 1.18 bits per heavy atom. The predicted molar refractivity (Wildman–Crippen MR) is 99.9 cm³/mol. The number of nitro groups is 1. The maximum Gasteiger partial charge on any atom is 0.372 e. The zero-order chi connectivity index (χ0) is 19.5. The standard InChI is InChI=1S/C18H21N5O5/c1-2-26-18-16(23(24)25)17(19-11-20-18)22-7-5-21(6-8-22)10-13-3-4-14-15(9-13)28-12-27-14/h3-4,9,11H,2,5-8,10,12H2,1H3. The second-order valence-electron chi connectivity index (χ2n) is 6.49. The lowest BCUT2D eigenvalue weighted by Crippen LogP contribution is -2.46. The van der Waals surface area contributed by atoms with Crippen molar-refractivity contribution in [3.8, 4) is 17.4 Å². The summed E-state index contributed by atoms with van der Waals surface area (Å²) in [6.45, 7) is 5.90. The highest BCUT2D eigenvalue weighted by atomic mass is 16.7. The maximum absolute atomic E-state index is 11.5. The van der Waals surface area contributed by atoms with Gasteiger partial charge in [0, 0.05) is 32.7 Å². The molecule has 0 bridgehead atoms. The van der Waals surface area contributed by atoms with Crippen LogP contribution < -0.4 is 19.1 Å². The number of aromatic nitrogens is 2. The van der Waals surface area contributed by atoms with Gasteiger partial charge in [-0.05, 0) is 24.6 Å². The van der Waals surface area contributed by atoms with Crippen LogP contribution in [-0.4, -0.2) is 59.4 Å². The van der Waals surface area contributed by atoms with Gasteiger partial charge in [-0.1, -0.05) is 6.07 Å². The van der Waals surface area contributed by atoms with E-state index in [-0.39, 0.29) is 18.4 Å². The first-order valence-corrected chi connectivity index (χ1v) is 9.13. The number of benzene rings is 1. The quantitative estimate of drug-likeness (QED) is 0.542. The number of ether oxygens (including phenoxy) is 3. The second kappa shape index (κ2) is 7.85. The zero-order valence-electron chi connectivity index (χ0n) is 15.5. The topological polar surface area (TPSA) is 103 Å². The molecule has 4 rings (SSSR count). The van der Waals surface area contributed by atoms with E-state index < -0.39 is 4.92 Å². The molecule has 0 radical (unpaired) electrons. The number of nitrogens with zero attached hydrogens (tertiary/aromatic N) is 5. The van der Waals surface area contributed by atoms with Gasteiger partial charge in [-0.3, -0.25) is 15.0 Å². The van der Waals surface area contributed by atoms with Gasteiger partial charge in [0.2, 0.25) is 12.6 Å². The van der Waals surface area contributed by atoms with Gasteiger partial charge in [0.1, 0.15) is 6.33 Å². The van der Waals surface area contributed by atoms with Crippen molar-refractivity contribution in [1.29, 1.82) is 0 Å². The van der Waals surface area contributed by atoms with E-state index in [1.807, 2.05) is 23.1 Å². The fraction of sp³-hybridized carbons (Fsp3) is 0.444. The van der Waals surface area contributed by atoms with Crippen molar-refractivity contribution < 1.29 is 19.1 Å². The van der Waals surface area contributed by atoms with Crippen LogP contribution >= 0.6 is 0 Å². The number of fused-ring (bicyclic) bond motifs is 1. The Hall–Kier alpha value is -3.14. The van der Waals surface area contributed by atoms with Crippen molar-refractivity contribution in [1.82, 2.24) is 14.9 Å². The average Bonchev–Trinajstić information content (AvgIpc) is 3.16. The van der Waals surface area contributed by atoms with Crippen molar-refractivity contribution in [3.63, 3.8) is 0 Å². The molecule has 0 aliphatic carbocycles. The Labute approximate surface area is 161 Å². The van der Waals surface area contributed by atoms with Crippen LogP contribution in [0.1, 0.15) is 12.5 Å². The molecule has 0 atom stereocenters. The molecule has 3 heterocycles. The Balaban J connectivity index is 1.43. The molecule has 148 valence electrons. The van der Waals surface area contributed by atoms with Gasteiger partial charge in [0.05, 0.1) is 11.5 Å². The molecule has 10 nitrogen and oxygen atoms in total. The van der Waals surface area contributed by atoms with Crippen molar-refractivity contribution in [3.05, 3.63) is 40.2 Å². The van der Waals surface area contributed by atoms with E-state index >= 15 is 0 Å². The lowest BCUT2D eigenvalue weighted by molar-refractivity contribution is -0.385. The van der Waals surface area contributed by atoms with Gasteiger partial charge in [-0.2, -0.15) is 4.98 Å². The Morgan fingerprint density at radius 2 is 1.96 bits per heavy atom. The van der Waals surface area contributed by atoms with E-state index in [0.29, 0.717) is 25.5 Å². The van der Waals surface area contributed by atoms with Crippen LogP contribution in [0.15, 0.2) is 24.5 Å². The second-order valence-corrected chi connectivity index (χ2v) is 6.49. The van der Waals surface area contributed by atoms with Gasteiger partial charge in [-0.25, -0.2) is 4.98 Å². The predicted octanol–water partition coefficient (Wildman–Crippen LogP) is 1.83. The minimum Gasteiger partial charge on any atom is -0.473 e. The molecule has 1 saturated heterocycles. The average molecular weight is 387 g/mol. The summed E-state index contributed by atoms with van der Waals surface area (Å²) in [5.74, 6) is 1.87. The maximum atomic E-state index is 11.5. The van der Waals surface area contributed by atoms with Gasteiger partial charge >= 0.3 is 5.69 Å². The summed E-state index contributed by atoms with van der Waals surface area (Å²) in [6, 6.07) is 5.95. The third kappa shape index (κ3) is 3.63. The van der Waals surface area contributed by atoms with E-state index in [9.17, 15) is 10.1 Å². The molecular formula is C18H21N5O5. The Kier molecular flexibility index (Phi) is 5.11. The lowest BCUT2D eigenvalue weighted by atomic mass is 10.1. The third-order valence-electron chi connectivity index (χ3n) is 4.75. The van der Waals surface area contributed by atoms with Crippen molar-refractivity contribution in [2.24, 2.45) is 0 Å². The molecule has 0 spiro atoms. The van der Waals surface area contributed by atoms with Gasteiger partial charge in [0.15, 0.2) is 11.5 Å². The minimum atomic E-state index is -0.473. The van der Waals surface area contributed by atoms with Crippen molar-refractivity contribution in [2.45, 2.75) is 13.5 Å². The molecular weight excluding hydrogens is 366 g/mol. The molecule has 1 aromatic carbocycles. The molecule has 10 heteroatoms. The van der Waals surface area contributed by atoms with Crippen LogP contribution in [0.5, 0.6) is 17.4 Å². The van der Waals surface area contributed by atoms with Gasteiger partial charge in [-0.15, -0.1) is 0 Å². The first-order valence-electron chi connectivity index (χ1n) is 9.13.